The molecule has 1 N–H and O–H groups in total. The second-order valence-corrected chi connectivity index (χ2v) is 5.95. The minimum atomic E-state index is -0.927. The summed E-state index contributed by atoms with van der Waals surface area (Å²) < 4.78 is 13.6. The van der Waals surface area contributed by atoms with Gasteiger partial charge in [-0.3, -0.25) is 14.9 Å². The first-order chi connectivity index (χ1) is 12.6. The Hall–Kier alpha value is -3.16. The Labute approximate surface area is 150 Å². The molecule has 3 rings (SSSR count). The van der Waals surface area contributed by atoms with Gasteiger partial charge >= 0.3 is 5.69 Å². The quantitative estimate of drug-likeness (QED) is 0.656. The maximum absolute atomic E-state index is 13.6. The molecular weight excluding hydrogens is 339 g/mol. The van der Waals surface area contributed by atoms with E-state index in [9.17, 15) is 19.3 Å². The smallest absolute Gasteiger partial charge is 0.327 e. The molecule has 1 heterocycles. The molecular formula is C18H19FN4O3. The van der Waals surface area contributed by atoms with Crippen molar-refractivity contribution in [3.63, 3.8) is 0 Å². The van der Waals surface area contributed by atoms with Crippen molar-refractivity contribution < 1.29 is 14.1 Å². The molecule has 0 radical (unpaired) electrons. The predicted octanol–water partition coefficient (Wildman–Crippen LogP) is 2.49. The van der Waals surface area contributed by atoms with E-state index in [2.05, 4.69) is 10.2 Å². The summed E-state index contributed by atoms with van der Waals surface area (Å²) in [7, 11) is 0. The number of rotatable bonds is 5. The lowest BCUT2D eigenvalue weighted by Crippen LogP contribution is -2.50. The molecule has 0 saturated carbocycles. The van der Waals surface area contributed by atoms with Crippen molar-refractivity contribution in [1.29, 1.82) is 0 Å². The summed E-state index contributed by atoms with van der Waals surface area (Å²) in [5.41, 5.74) is 0.480. The van der Waals surface area contributed by atoms with Crippen LogP contribution in [0.2, 0.25) is 0 Å². The van der Waals surface area contributed by atoms with Crippen molar-refractivity contribution >= 4 is 23.0 Å². The average Bonchev–Trinajstić information content (AvgIpc) is 2.66. The van der Waals surface area contributed by atoms with Crippen LogP contribution in [0.25, 0.3) is 0 Å². The van der Waals surface area contributed by atoms with E-state index in [1.807, 2.05) is 30.3 Å². The highest BCUT2D eigenvalue weighted by atomic mass is 19.1. The minimum Gasteiger partial charge on any atom is -0.370 e. The summed E-state index contributed by atoms with van der Waals surface area (Å²) in [5.74, 6) is -1.10. The lowest BCUT2D eigenvalue weighted by Gasteiger charge is -2.36. The van der Waals surface area contributed by atoms with Gasteiger partial charge in [0.25, 0.3) is 0 Å². The third kappa shape index (κ3) is 3.90. The molecule has 2 aromatic carbocycles. The second kappa shape index (κ2) is 7.81. The standard InChI is InChI=1S/C18H19FN4O3/c19-15-7-4-8-16(18(15)23(25)26)20-13-17(24)22-11-9-21(10-12-22)14-5-2-1-3-6-14/h1-8,20H,9-13H2. The molecule has 7 nitrogen and oxygen atoms in total. The van der Waals surface area contributed by atoms with Crippen molar-refractivity contribution in [1.82, 2.24) is 4.90 Å². The number of para-hydroxylation sites is 2. The molecule has 0 unspecified atom stereocenters. The number of anilines is 2. The van der Waals surface area contributed by atoms with Gasteiger partial charge in [-0.05, 0) is 24.3 Å². The number of carbonyl (C=O) groups is 1. The molecule has 0 bridgehead atoms. The van der Waals surface area contributed by atoms with Crippen LogP contribution in [0, 0.1) is 15.9 Å². The van der Waals surface area contributed by atoms with E-state index < -0.39 is 16.4 Å². The Bertz CT molecular complexity index is 792. The topological polar surface area (TPSA) is 78.7 Å². The lowest BCUT2D eigenvalue weighted by molar-refractivity contribution is -0.386. The van der Waals surface area contributed by atoms with E-state index in [4.69, 9.17) is 0 Å². The Kier molecular flexibility index (Phi) is 5.31. The maximum Gasteiger partial charge on any atom is 0.327 e. The van der Waals surface area contributed by atoms with E-state index in [1.54, 1.807) is 4.90 Å². The number of nitrogens with zero attached hydrogens (tertiary/aromatic N) is 3. The van der Waals surface area contributed by atoms with Crippen LogP contribution in [-0.4, -0.2) is 48.5 Å². The number of piperazine rings is 1. The van der Waals surface area contributed by atoms with Gasteiger partial charge in [0, 0.05) is 31.9 Å². The van der Waals surface area contributed by atoms with Crippen molar-refractivity contribution in [2.24, 2.45) is 0 Å². The summed E-state index contributed by atoms with van der Waals surface area (Å²) in [6.07, 6.45) is 0. The Balaban J connectivity index is 1.56. The van der Waals surface area contributed by atoms with Gasteiger partial charge in [-0.1, -0.05) is 24.3 Å². The van der Waals surface area contributed by atoms with Gasteiger partial charge in [0.05, 0.1) is 11.5 Å². The van der Waals surface area contributed by atoms with Gasteiger partial charge in [-0.25, -0.2) is 0 Å². The van der Waals surface area contributed by atoms with E-state index in [0.717, 1.165) is 24.8 Å². The summed E-state index contributed by atoms with van der Waals surface area (Å²) in [6.45, 7) is 2.46. The minimum absolute atomic E-state index is 0.00581. The van der Waals surface area contributed by atoms with E-state index in [-0.39, 0.29) is 18.1 Å². The van der Waals surface area contributed by atoms with Crippen molar-refractivity contribution in [3.8, 4) is 0 Å². The zero-order chi connectivity index (χ0) is 18.5. The number of nitro benzene ring substituents is 1. The monoisotopic (exact) mass is 358 g/mol. The van der Waals surface area contributed by atoms with Gasteiger partial charge in [-0.15, -0.1) is 0 Å². The van der Waals surface area contributed by atoms with E-state index in [0.29, 0.717) is 13.1 Å². The number of hydrogen-bond donors (Lipinski definition) is 1. The number of benzene rings is 2. The highest BCUT2D eigenvalue weighted by Gasteiger charge is 2.23. The number of halogens is 1. The number of nitro groups is 1. The van der Waals surface area contributed by atoms with E-state index >= 15 is 0 Å². The molecule has 136 valence electrons. The molecule has 1 aliphatic heterocycles. The fourth-order valence-corrected chi connectivity index (χ4v) is 2.98. The molecule has 26 heavy (non-hydrogen) atoms. The molecule has 0 atom stereocenters. The van der Waals surface area contributed by atoms with Crippen LogP contribution in [0.1, 0.15) is 0 Å². The van der Waals surface area contributed by atoms with Gasteiger partial charge < -0.3 is 15.1 Å². The van der Waals surface area contributed by atoms with Crippen molar-refractivity contribution in [3.05, 3.63) is 64.5 Å². The summed E-state index contributed by atoms with van der Waals surface area (Å²) in [6, 6.07) is 13.7. The largest absolute Gasteiger partial charge is 0.370 e. The molecule has 0 spiro atoms. The Morgan fingerprint density at radius 1 is 1.08 bits per heavy atom. The first-order valence-corrected chi connectivity index (χ1v) is 8.31. The third-order valence-corrected chi connectivity index (χ3v) is 4.35. The van der Waals surface area contributed by atoms with Crippen LogP contribution < -0.4 is 10.2 Å². The molecule has 0 aromatic heterocycles. The second-order valence-electron chi connectivity index (χ2n) is 5.95. The van der Waals surface area contributed by atoms with Gasteiger partial charge in [0.1, 0.15) is 5.69 Å². The number of hydrogen-bond acceptors (Lipinski definition) is 5. The molecule has 1 amide bonds. The van der Waals surface area contributed by atoms with Crippen LogP contribution >= 0.6 is 0 Å². The van der Waals surface area contributed by atoms with Crippen LogP contribution in [0.4, 0.5) is 21.5 Å². The highest BCUT2D eigenvalue weighted by molar-refractivity contribution is 5.82. The highest BCUT2D eigenvalue weighted by Crippen LogP contribution is 2.27. The first-order valence-electron chi connectivity index (χ1n) is 8.31. The third-order valence-electron chi connectivity index (χ3n) is 4.35. The van der Waals surface area contributed by atoms with Crippen LogP contribution in [0.3, 0.4) is 0 Å². The fraction of sp³-hybridized carbons (Fsp3) is 0.278. The van der Waals surface area contributed by atoms with Crippen molar-refractivity contribution in [2.75, 3.05) is 42.9 Å². The molecule has 1 aliphatic rings. The van der Waals surface area contributed by atoms with Crippen LogP contribution in [0.15, 0.2) is 48.5 Å². The predicted molar refractivity (Wildman–Crippen MR) is 96.8 cm³/mol. The van der Waals surface area contributed by atoms with Gasteiger partial charge in [0.2, 0.25) is 11.7 Å². The SMILES string of the molecule is O=C(CNc1cccc(F)c1[N+](=O)[O-])N1CCN(c2ccccc2)CC1. The Morgan fingerprint density at radius 3 is 2.42 bits per heavy atom. The molecule has 1 saturated heterocycles. The molecule has 0 aliphatic carbocycles. The fourth-order valence-electron chi connectivity index (χ4n) is 2.98. The average molecular weight is 358 g/mol. The number of amides is 1. The van der Waals surface area contributed by atoms with E-state index in [1.165, 1.54) is 12.1 Å². The lowest BCUT2D eigenvalue weighted by atomic mass is 10.2. The van der Waals surface area contributed by atoms with Crippen LogP contribution in [-0.2, 0) is 4.79 Å². The zero-order valence-electron chi connectivity index (χ0n) is 14.1. The van der Waals surface area contributed by atoms with Gasteiger partial charge in [-0.2, -0.15) is 4.39 Å². The zero-order valence-corrected chi connectivity index (χ0v) is 14.1. The van der Waals surface area contributed by atoms with Crippen LogP contribution in [0.5, 0.6) is 0 Å². The molecule has 2 aromatic rings. The number of carbonyl (C=O) groups excluding carboxylic acids is 1. The normalized spacial score (nSPS) is 14.2. The summed E-state index contributed by atoms with van der Waals surface area (Å²) in [5, 5.41) is 13.7. The van der Waals surface area contributed by atoms with Gasteiger partial charge in [0.15, 0.2) is 0 Å². The summed E-state index contributed by atoms with van der Waals surface area (Å²) in [4.78, 5) is 26.5. The summed E-state index contributed by atoms with van der Waals surface area (Å²) >= 11 is 0. The van der Waals surface area contributed by atoms with Crippen molar-refractivity contribution in [2.45, 2.75) is 0 Å². The first kappa shape index (κ1) is 17.7. The maximum atomic E-state index is 13.6. The Morgan fingerprint density at radius 2 is 1.77 bits per heavy atom. The molecule has 1 fully saturated rings. The number of nitrogens with one attached hydrogen (secondary N) is 1. The molecule has 8 heteroatoms.